The molecule has 1 heterocycles. The summed E-state index contributed by atoms with van der Waals surface area (Å²) in [6.45, 7) is 1.48. The second kappa shape index (κ2) is 9.26. The highest BCUT2D eigenvalue weighted by molar-refractivity contribution is 7.98. The molecule has 0 fully saturated rings. The van der Waals surface area contributed by atoms with Crippen molar-refractivity contribution in [1.29, 1.82) is 0 Å². The Morgan fingerprint density at radius 2 is 1.82 bits per heavy atom. The minimum absolute atomic E-state index is 0.0252. The molecule has 6 heteroatoms. The smallest absolute Gasteiger partial charge is 0.365 e. The molecular formula is C22H27N2O3S+. The first-order valence-corrected chi connectivity index (χ1v) is 10.6. The average Bonchev–Trinajstić information content (AvgIpc) is 2.73. The number of thioether (sulfide) groups is 1. The van der Waals surface area contributed by atoms with E-state index in [2.05, 4.69) is 30.3 Å². The molecule has 2 aromatic rings. The van der Waals surface area contributed by atoms with Crippen molar-refractivity contribution in [3.8, 4) is 0 Å². The van der Waals surface area contributed by atoms with E-state index in [4.69, 9.17) is 4.74 Å². The lowest BCUT2D eigenvalue weighted by Gasteiger charge is -2.32. The van der Waals surface area contributed by atoms with Gasteiger partial charge in [-0.15, -0.1) is 11.8 Å². The van der Waals surface area contributed by atoms with Crippen molar-refractivity contribution in [2.45, 2.75) is 30.4 Å². The SMILES string of the molecule is COC(=O)[C@H]1Cc2ccccc2C[NH+]1CC(=O)N(C)Cc1ccc(SC)cc1. The Morgan fingerprint density at radius 3 is 2.46 bits per heavy atom. The summed E-state index contributed by atoms with van der Waals surface area (Å²) in [4.78, 5) is 29.1. The number of ether oxygens (including phenoxy) is 1. The zero-order valence-corrected chi connectivity index (χ0v) is 17.4. The summed E-state index contributed by atoms with van der Waals surface area (Å²) in [6.07, 6.45) is 2.65. The summed E-state index contributed by atoms with van der Waals surface area (Å²) < 4.78 is 5.01. The van der Waals surface area contributed by atoms with Crippen molar-refractivity contribution in [3.63, 3.8) is 0 Å². The van der Waals surface area contributed by atoms with Crippen molar-refractivity contribution in [3.05, 3.63) is 65.2 Å². The minimum Gasteiger partial charge on any atom is -0.465 e. The monoisotopic (exact) mass is 399 g/mol. The van der Waals surface area contributed by atoms with Gasteiger partial charge in [-0.05, 0) is 29.5 Å². The molecule has 0 radical (unpaired) electrons. The third-order valence-corrected chi connectivity index (χ3v) is 6.06. The molecular weight excluding hydrogens is 372 g/mol. The number of fused-ring (bicyclic) bond motifs is 1. The first-order valence-electron chi connectivity index (χ1n) is 9.38. The van der Waals surface area contributed by atoms with Gasteiger partial charge in [-0.1, -0.05) is 36.4 Å². The van der Waals surface area contributed by atoms with Crippen LogP contribution in [0.4, 0.5) is 0 Å². The van der Waals surface area contributed by atoms with Gasteiger partial charge in [0.25, 0.3) is 5.91 Å². The largest absolute Gasteiger partial charge is 0.465 e. The molecule has 1 N–H and O–H groups in total. The number of esters is 1. The first-order chi connectivity index (χ1) is 13.5. The summed E-state index contributed by atoms with van der Waals surface area (Å²) >= 11 is 1.70. The van der Waals surface area contributed by atoms with E-state index in [-0.39, 0.29) is 24.5 Å². The zero-order valence-electron chi connectivity index (χ0n) is 16.6. The number of quaternary nitrogens is 1. The number of benzene rings is 2. The van der Waals surface area contributed by atoms with Crippen LogP contribution >= 0.6 is 11.8 Å². The van der Waals surface area contributed by atoms with Crippen LogP contribution in [0.3, 0.4) is 0 Å². The van der Waals surface area contributed by atoms with Gasteiger partial charge < -0.3 is 14.5 Å². The molecule has 28 heavy (non-hydrogen) atoms. The number of methoxy groups -OCH3 is 1. The van der Waals surface area contributed by atoms with Crippen molar-refractivity contribution in [1.82, 2.24) is 4.90 Å². The first kappa shape index (κ1) is 20.4. The molecule has 0 bridgehead atoms. The lowest BCUT2D eigenvalue weighted by atomic mass is 9.94. The fourth-order valence-corrected chi connectivity index (χ4v) is 4.07. The molecule has 5 nitrogen and oxygen atoms in total. The Kier molecular flexibility index (Phi) is 6.75. The third kappa shape index (κ3) is 4.75. The van der Waals surface area contributed by atoms with E-state index in [1.165, 1.54) is 17.6 Å². The summed E-state index contributed by atoms with van der Waals surface area (Å²) in [7, 11) is 3.22. The Labute approximate surface area is 170 Å². The Morgan fingerprint density at radius 1 is 1.14 bits per heavy atom. The Hall–Kier alpha value is -2.31. The molecule has 2 atom stereocenters. The number of carbonyl (C=O) groups is 2. The Balaban J connectivity index is 1.68. The maximum Gasteiger partial charge on any atom is 0.365 e. The van der Waals surface area contributed by atoms with Crippen LogP contribution in [-0.2, 0) is 33.8 Å². The quantitative estimate of drug-likeness (QED) is 0.592. The van der Waals surface area contributed by atoms with E-state index in [1.54, 1.807) is 16.7 Å². The number of rotatable bonds is 6. The standard InChI is InChI=1S/C22H26N2O3S/c1-23(13-16-8-10-19(28-3)11-9-16)21(25)15-24-14-18-7-5-4-6-17(18)12-20(24)22(26)27-2/h4-11,20H,12-15H2,1-3H3/p+1/t20-/m1/s1. The van der Waals surface area contributed by atoms with E-state index in [9.17, 15) is 9.59 Å². The maximum absolute atomic E-state index is 12.9. The van der Waals surface area contributed by atoms with Crippen molar-refractivity contribution in [2.24, 2.45) is 0 Å². The molecule has 0 saturated heterocycles. The minimum atomic E-state index is -0.349. The van der Waals surface area contributed by atoms with Crippen LogP contribution in [0.5, 0.6) is 0 Å². The number of amides is 1. The molecule has 0 aromatic heterocycles. The normalized spacial score (nSPS) is 18.2. The number of nitrogens with zero attached hydrogens (tertiary/aromatic N) is 1. The number of hydrogen-bond acceptors (Lipinski definition) is 4. The molecule has 1 amide bonds. The van der Waals surface area contributed by atoms with Gasteiger partial charge >= 0.3 is 5.97 Å². The third-order valence-electron chi connectivity index (χ3n) is 5.32. The summed E-state index contributed by atoms with van der Waals surface area (Å²) in [5.74, 6) is -0.232. The number of nitrogens with one attached hydrogen (secondary N) is 1. The van der Waals surface area contributed by atoms with Crippen LogP contribution < -0.4 is 4.90 Å². The molecule has 0 saturated carbocycles. The molecule has 3 rings (SSSR count). The van der Waals surface area contributed by atoms with E-state index >= 15 is 0 Å². The molecule has 0 aliphatic carbocycles. The van der Waals surface area contributed by atoms with Crippen LogP contribution in [0.25, 0.3) is 0 Å². The second-order valence-corrected chi connectivity index (χ2v) is 8.04. The fraction of sp³-hybridized carbons (Fsp3) is 0.364. The summed E-state index contributed by atoms with van der Waals surface area (Å²) in [5, 5.41) is 0. The van der Waals surface area contributed by atoms with Crippen LogP contribution in [0, 0.1) is 0 Å². The maximum atomic E-state index is 12.9. The molecule has 0 spiro atoms. The van der Waals surface area contributed by atoms with E-state index in [0.29, 0.717) is 19.5 Å². The number of likely N-dealkylation sites (N-methyl/N-ethyl adjacent to an activating group) is 1. The summed E-state index contributed by atoms with van der Waals surface area (Å²) in [6, 6.07) is 16.0. The lowest BCUT2D eigenvalue weighted by molar-refractivity contribution is -0.925. The predicted octanol–water partition coefficient (Wildman–Crippen LogP) is 1.55. The highest BCUT2D eigenvalue weighted by Crippen LogP contribution is 2.16. The predicted molar refractivity (Wildman–Crippen MR) is 110 cm³/mol. The highest BCUT2D eigenvalue weighted by Gasteiger charge is 2.37. The molecule has 1 unspecified atom stereocenters. The van der Waals surface area contributed by atoms with Gasteiger partial charge in [0.15, 0.2) is 12.6 Å². The summed E-state index contributed by atoms with van der Waals surface area (Å²) in [5.41, 5.74) is 3.45. The molecule has 1 aliphatic rings. The van der Waals surface area contributed by atoms with Crippen molar-refractivity contribution >= 4 is 23.6 Å². The fourth-order valence-electron chi connectivity index (χ4n) is 3.66. The van der Waals surface area contributed by atoms with Gasteiger partial charge in [-0.2, -0.15) is 0 Å². The van der Waals surface area contributed by atoms with Gasteiger partial charge in [0, 0.05) is 30.5 Å². The average molecular weight is 400 g/mol. The second-order valence-electron chi connectivity index (χ2n) is 7.16. The van der Waals surface area contributed by atoms with Gasteiger partial charge in [0.1, 0.15) is 6.54 Å². The van der Waals surface area contributed by atoms with Crippen molar-refractivity contribution < 1.29 is 19.2 Å². The molecule has 1 aliphatic heterocycles. The van der Waals surface area contributed by atoms with Gasteiger partial charge in [-0.25, -0.2) is 4.79 Å². The lowest BCUT2D eigenvalue weighted by Crippen LogP contribution is -3.17. The van der Waals surface area contributed by atoms with Gasteiger partial charge in [0.2, 0.25) is 0 Å². The van der Waals surface area contributed by atoms with E-state index in [1.807, 2.05) is 31.5 Å². The van der Waals surface area contributed by atoms with Crippen LogP contribution in [-0.4, -0.2) is 49.8 Å². The van der Waals surface area contributed by atoms with Crippen LogP contribution in [0.2, 0.25) is 0 Å². The van der Waals surface area contributed by atoms with Gasteiger partial charge in [0.05, 0.1) is 7.11 Å². The Bertz CT molecular complexity index is 838. The number of hydrogen-bond donors (Lipinski definition) is 1. The van der Waals surface area contributed by atoms with Crippen molar-refractivity contribution in [2.75, 3.05) is 27.0 Å². The van der Waals surface area contributed by atoms with Crippen LogP contribution in [0.1, 0.15) is 16.7 Å². The topological polar surface area (TPSA) is 51.1 Å². The van der Waals surface area contributed by atoms with E-state index < -0.39 is 0 Å². The highest BCUT2D eigenvalue weighted by atomic mass is 32.2. The zero-order chi connectivity index (χ0) is 20.1. The molecule has 2 aromatic carbocycles. The molecule has 148 valence electrons. The van der Waals surface area contributed by atoms with E-state index in [0.717, 1.165) is 16.0 Å². The van der Waals surface area contributed by atoms with Gasteiger partial charge in [-0.3, -0.25) is 4.79 Å². The number of carbonyl (C=O) groups excluding carboxylic acids is 2. The van der Waals surface area contributed by atoms with Crippen LogP contribution in [0.15, 0.2) is 53.4 Å².